The molecule has 0 aromatic heterocycles. The highest BCUT2D eigenvalue weighted by molar-refractivity contribution is 5.95. The van der Waals surface area contributed by atoms with E-state index in [2.05, 4.69) is 36.0 Å². The van der Waals surface area contributed by atoms with Crippen molar-refractivity contribution in [2.24, 2.45) is 11.8 Å². The number of aryl methyl sites for hydroxylation is 1. The maximum absolute atomic E-state index is 12.6. The standard InChI is InChI=1S/C16H24N2O5.C7H8.C6H12.C2H6O.C2H6/c1-11(2)10-18(6-4-5-17-16(22)23-3)15(21)12-7-13(19)9-14(20)8-12;1-7-5-3-2-4-6-7;1-6-4-2-3-5-6;1-2-3;1-2/h7-9,11,19-20H,4-6,10H2,1-3H3,(H,17,22);2-6H,1H3;6H,2-5H2,1H3;3H,2H2,1H3;1-2H3. The molecule has 0 spiro atoms. The number of carbonyl (C=O) groups excluding carboxylic acids is 2. The lowest BCUT2D eigenvalue weighted by atomic mass is 10.1. The molecular formula is C33H56N2O6. The van der Waals surface area contributed by atoms with Crippen molar-refractivity contribution in [3.05, 3.63) is 59.7 Å². The summed E-state index contributed by atoms with van der Waals surface area (Å²) in [6.45, 7) is 15.7. The van der Waals surface area contributed by atoms with Gasteiger partial charge in [0.2, 0.25) is 0 Å². The second-order valence-electron chi connectivity index (χ2n) is 10.0. The summed E-state index contributed by atoms with van der Waals surface area (Å²) in [6, 6.07) is 14.1. The monoisotopic (exact) mass is 576 g/mol. The van der Waals surface area contributed by atoms with E-state index in [9.17, 15) is 19.8 Å². The molecule has 4 N–H and O–H groups in total. The van der Waals surface area contributed by atoms with E-state index >= 15 is 0 Å². The highest BCUT2D eigenvalue weighted by Crippen LogP contribution is 2.23. The van der Waals surface area contributed by atoms with Crippen LogP contribution in [0, 0.1) is 18.8 Å². The topological polar surface area (TPSA) is 119 Å². The number of ether oxygens (including phenoxy) is 1. The summed E-state index contributed by atoms with van der Waals surface area (Å²) in [5.74, 6) is 0.710. The molecule has 1 aliphatic rings. The maximum Gasteiger partial charge on any atom is 0.406 e. The molecule has 2 aromatic rings. The third-order valence-corrected chi connectivity index (χ3v) is 5.67. The molecule has 8 heteroatoms. The molecule has 2 amide bonds. The number of amides is 2. The Labute approximate surface area is 248 Å². The fraction of sp³-hybridized carbons (Fsp3) is 0.576. The molecule has 1 fully saturated rings. The number of rotatable bonds is 7. The Bertz CT molecular complexity index is 895. The van der Waals surface area contributed by atoms with Crippen LogP contribution in [0.4, 0.5) is 4.79 Å². The first kappa shape index (κ1) is 39.9. The largest absolute Gasteiger partial charge is 0.508 e. The molecule has 234 valence electrons. The Morgan fingerprint density at radius 3 is 1.90 bits per heavy atom. The molecule has 1 saturated carbocycles. The van der Waals surface area contributed by atoms with Crippen LogP contribution in [0.1, 0.15) is 89.6 Å². The van der Waals surface area contributed by atoms with Crippen LogP contribution in [0.15, 0.2) is 48.5 Å². The zero-order chi connectivity index (χ0) is 31.6. The molecule has 0 bridgehead atoms. The van der Waals surface area contributed by atoms with Gasteiger partial charge in [-0.15, -0.1) is 0 Å². The van der Waals surface area contributed by atoms with Crippen LogP contribution < -0.4 is 5.32 Å². The average Bonchev–Trinajstić information content (AvgIpc) is 3.42. The van der Waals surface area contributed by atoms with Gasteiger partial charge in [0, 0.05) is 37.9 Å². The molecule has 0 saturated heterocycles. The number of hydrogen-bond acceptors (Lipinski definition) is 6. The van der Waals surface area contributed by atoms with E-state index in [1.165, 1.54) is 56.6 Å². The summed E-state index contributed by atoms with van der Waals surface area (Å²) >= 11 is 0. The van der Waals surface area contributed by atoms with Gasteiger partial charge in [-0.1, -0.05) is 96.2 Å². The zero-order valence-corrected chi connectivity index (χ0v) is 26.7. The Hall–Kier alpha value is -3.26. The highest BCUT2D eigenvalue weighted by Gasteiger charge is 2.18. The molecule has 0 radical (unpaired) electrons. The van der Waals surface area contributed by atoms with Gasteiger partial charge in [0.1, 0.15) is 11.5 Å². The minimum Gasteiger partial charge on any atom is -0.508 e. The van der Waals surface area contributed by atoms with Crippen molar-refractivity contribution >= 4 is 12.0 Å². The third-order valence-electron chi connectivity index (χ3n) is 5.67. The summed E-state index contributed by atoms with van der Waals surface area (Å²) in [7, 11) is 1.29. The van der Waals surface area contributed by atoms with Crippen LogP contribution in [0.2, 0.25) is 0 Å². The Morgan fingerprint density at radius 2 is 1.54 bits per heavy atom. The summed E-state index contributed by atoms with van der Waals surface area (Å²) in [4.78, 5) is 25.2. The Morgan fingerprint density at radius 1 is 1.02 bits per heavy atom. The van der Waals surface area contributed by atoms with Gasteiger partial charge in [-0.05, 0) is 44.2 Å². The summed E-state index contributed by atoms with van der Waals surface area (Å²) in [5, 5.41) is 29.2. The minimum atomic E-state index is -0.510. The number of aromatic hydroxyl groups is 2. The molecule has 3 rings (SSSR count). The van der Waals surface area contributed by atoms with Gasteiger partial charge in [-0.2, -0.15) is 0 Å². The second-order valence-corrected chi connectivity index (χ2v) is 10.0. The lowest BCUT2D eigenvalue weighted by Crippen LogP contribution is -2.36. The molecular weight excluding hydrogens is 520 g/mol. The number of hydrogen-bond donors (Lipinski definition) is 4. The Balaban J connectivity index is 0. The molecule has 0 unspecified atom stereocenters. The van der Waals surface area contributed by atoms with Crippen molar-refractivity contribution in [1.82, 2.24) is 10.2 Å². The van der Waals surface area contributed by atoms with Crippen LogP contribution in [0.5, 0.6) is 11.5 Å². The number of methoxy groups -OCH3 is 1. The lowest BCUT2D eigenvalue weighted by Gasteiger charge is -2.25. The van der Waals surface area contributed by atoms with Crippen molar-refractivity contribution in [2.75, 3.05) is 33.4 Å². The third kappa shape index (κ3) is 22.2. The van der Waals surface area contributed by atoms with Crippen molar-refractivity contribution in [3.63, 3.8) is 0 Å². The van der Waals surface area contributed by atoms with Gasteiger partial charge in [0.15, 0.2) is 0 Å². The smallest absolute Gasteiger partial charge is 0.406 e. The van der Waals surface area contributed by atoms with E-state index in [-0.39, 0.29) is 35.5 Å². The first-order valence-electron chi connectivity index (χ1n) is 14.8. The number of phenolic OH excluding ortho intramolecular Hbond substituents is 2. The Kier molecular flexibility index (Phi) is 25.0. The molecule has 0 aliphatic heterocycles. The van der Waals surface area contributed by atoms with Crippen LogP contribution in [0.3, 0.4) is 0 Å². The number of benzene rings is 2. The molecule has 0 atom stereocenters. The van der Waals surface area contributed by atoms with Crippen LogP contribution in [0.25, 0.3) is 0 Å². The number of nitrogens with zero attached hydrogens (tertiary/aromatic N) is 1. The van der Waals surface area contributed by atoms with Gasteiger partial charge in [0.25, 0.3) is 5.91 Å². The van der Waals surface area contributed by atoms with E-state index in [1.807, 2.05) is 45.9 Å². The summed E-state index contributed by atoms with van der Waals surface area (Å²) < 4.78 is 4.48. The van der Waals surface area contributed by atoms with E-state index in [0.717, 1.165) is 5.92 Å². The number of aliphatic hydroxyl groups is 1. The fourth-order valence-corrected chi connectivity index (χ4v) is 3.81. The molecule has 1 aliphatic carbocycles. The average molecular weight is 577 g/mol. The quantitative estimate of drug-likeness (QED) is 0.260. The van der Waals surface area contributed by atoms with E-state index < -0.39 is 6.09 Å². The number of nitrogens with one attached hydrogen (secondary N) is 1. The minimum absolute atomic E-state index is 0.162. The first-order chi connectivity index (χ1) is 19.5. The first-order valence-corrected chi connectivity index (χ1v) is 14.8. The normalized spacial score (nSPS) is 11.7. The second kappa shape index (κ2) is 25.7. The van der Waals surface area contributed by atoms with E-state index in [4.69, 9.17) is 5.11 Å². The number of carbonyl (C=O) groups is 2. The van der Waals surface area contributed by atoms with Crippen molar-refractivity contribution < 1.29 is 29.6 Å². The molecule has 8 nitrogen and oxygen atoms in total. The summed E-state index contributed by atoms with van der Waals surface area (Å²) in [5.41, 5.74) is 1.55. The predicted molar refractivity (Wildman–Crippen MR) is 168 cm³/mol. The predicted octanol–water partition coefficient (Wildman–Crippen LogP) is 7.16. The maximum atomic E-state index is 12.6. The zero-order valence-electron chi connectivity index (χ0n) is 26.7. The lowest BCUT2D eigenvalue weighted by molar-refractivity contribution is 0.0733. The molecule has 0 heterocycles. The van der Waals surface area contributed by atoms with E-state index in [0.29, 0.717) is 26.1 Å². The molecule has 2 aromatic carbocycles. The van der Waals surface area contributed by atoms with Crippen molar-refractivity contribution in [1.29, 1.82) is 0 Å². The van der Waals surface area contributed by atoms with Crippen molar-refractivity contribution in [3.8, 4) is 11.5 Å². The van der Waals surface area contributed by atoms with Crippen LogP contribution in [-0.4, -0.2) is 65.6 Å². The van der Waals surface area contributed by atoms with Gasteiger partial charge in [0.05, 0.1) is 7.11 Å². The van der Waals surface area contributed by atoms with Crippen LogP contribution >= 0.6 is 0 Å². The van der Waals surface area contributed by atoms with E-state index in [1.54, 1.807) is 11.8 Å². The van der Waals surface area contributed by atoms with Crippen molar-refractivity contribution in [2.45, 2.75) is 80.6 Å². The highest BCUT2D eigenvalue weighted by atomic mass is 16.5. The summed E-state index contributed by atoms with van der Waals surface area (Å²) in [6.07, 6.45) is 6.00. The van der Waals surface area contributed by atoms with Gasteiger partial charge in [-0.25, -0.2) is 4.79 Å². The van der Waals surface area contributed by atoms with Gasteiger partial charge < -0.3 is 30.3 Å². The van der Waals surface area contributed by atoms with Gasteiger partial charge >= 0.3 is 6.09 Å². The number of phenols is 2. The number of aliphatic hydroxyl groups excluding tert-OH is 1. The molecule has 41 heavy (non-hydrogen) atoms. The number of alkyl carbamates (subject to hydrolysis) is 1. The van der Waals surface area contributed by atoms with Crippen LogP contribution in [-0.2, 0) is 4.74 Å². The van der Waals surface area contributed by atoms with Gasteiger partial charge in [-0.3, -0.25) is 4.79 Å². The fourth-order valence-electron chi connectivity index (χ4n) is 3.81. The SMILES string of the molecule is CC.CC1CCCC1.CCO.COC(=O)NCCCN(CC(C)C)C(=O)c1cc(O)cc(O)c1.Cc1ccccc1.